The molecule has 110 valence electrons. The summed E-state index contributed by atoms with van der Waals surface area (Å²) in [6, 6.07) is 8.62. The summed E-state index contributed by atoms with van der Waals surface area (Å²) in [6.07, 6.45) is 0.234. The van der Waals surface area contributed by atoms with Crippen LogP contribution >= 0.6 is 0 Å². The quantitative estimate of drug-likeness (QED) is 0.804. The first-order chi connectivity index (χ1) is 9.49. The Kier molecular flexibility index (Phi) is 6.56. The van der Waals surface area contributed by atoms with E-state index in [-0.39, 0.29) is 12.5 Å². The number of rotatable bonds is 7. The number of ether oxygens (including phenoxy) is 1. The highest BCUT2D eigenvalue weighted by molar-refractivity contribution is 5.79. The Balaban J connectivity index is 2.44. The smallest absolute Gasteiger partial charge is 0.407 e. The van der Waals surface area contributed by atoms with Gasteiger partial charge < -0.3 is 15.2 Å². The number of carbonyl (C=O) groups is 2. The molecule has 0 aliphatic carbocycles. The molecule has 1 aromatic rings. The molecule has 0 radical (unpaired) electrons. The number of aryl methyl sites for hydroxylation is 1. The van der Waals surface area contributed by atoms with Gasteiger partial charge in [-0.25, -0.2) is 9.59 Å². The van der Waals surface area contributed by atoms with Crippen molar-refractivity contribution in [1.29, 1.82) is 0 Å². The molecule has 2 N–H and O–H groups in total. The normalized spacial score (nSPS) is 11.9. The highest BCUT2D eigenvalue weighted by Gasteiger charge is 2.20. The van der Waals surface area contributed by atoms with Gasteiger partial charge in [0.05, 0.1) is 6.61 Å². The van der Waals surface area contributed by atoms with Gasteiger partial charge in [-0.3, -0.25) is 0 Å². The van der Waals surface area contributed by atoms with E-state index in [1.54, 1.807) is 0 Å². The van der Waals surface area contributed by atoms with Crippen LogP contribution in [-0.4, -0.2) is 29.8 Å². The van der Waals surface area contributed by atoms with Gasteiger partial charge in [0.15, 0.2) is 0 Å². The number of hydrogen-bond donors (Lipinski definition) is 2. The fourth-order valence-electron chi connectivity index (χ4n) is 1.64. The molecule has 0 saturated heterocycles. The second-order valence-electron chi connectivity index (χ2n) is 5.05. The molecule has 1 amide bonds. The monoisotopic (exact) mass is 279 g/mol. The van der Waals surface area contributed by atoms with E-state index in [1.807, 2.05) is 44.2 Å². The van der Waals surface area contributed by atoms with Crippen molar-refractivity contribution in [3.05, 3.63) is 35.9 Å². The molecule has 1 rings (SSSR count). The van der Waals surface area contributed by atoms with Gasteiger partial charge in [0.2, 0.25) is 0 Å². The Morgan fingerprint density at radius 2 is 1.90 bits per heavy atom. The summed E-state index contributed by atoms with van der Waals surface area (Å²) in [7, 11) is 0. The molecule has 0 unspecified atom stereocenters. The predicted octanol–water partition coefficient (Wildman–Crippen LogP) is 2.45. The van der Waals surface area contributed by atoms with E-state index in [0.29, 0.717) is 12.8 Å². The lowest BCUT2D eigenvalue weighted by atomic mass is 10.1. The first kappa shape index (κ1) is 16.0. The van der Waals surface area contributed by atoms with Gasteiger partial charge in [0, 0.05) is 0 Å². The van der Waals surface area contributed by atoms with Crippen molar-refractivity contribution < 1.29 is 19.4 Å². The minimum absolute atomic E-state index is 0.216. The molecule has 20 heavy (non-hydrogen) atoms. The van der Waals surface area contributed by atoms with E-state index >= 15 is 0 Å². The zero-order chi connectivity index (χ0) is 15.0. The zero-order valence-electron chi connectivity index (χ0n) is 11.8. The molecule has 5 nitrogen and oxygen atoms in total. The van der Waals surface area contributed by atoms with Crippen LogP contribution in [0.4, 0.5) is 4.79 Å². The summed E-state index contributed by atoms with van der Waals surface area (Å²) in [4.78, 5) is 22.6. The molecule has 1 atom stereocenters. The first-order valence-electron chi connectivity index (χ1n) is 6.69. The summed E-state index contributed by atoms with van der Waals surface area (Å²) in [6.45, 7) is 4.10. The van der Waals surface area contributed by atoms with Crippen LogP contribution in [0.5, 0.6) is 0 Å². The van der Waals surface area contributed by atoms with Crippen LogP contribution in [-0.2, 0) is 16.0 Å². The van der Waals surface area contributed by atoms with Crippen molar-refractivity contribution in [3.8, 4) is 0 Å². The minimum Gasteiger partial charge on any atom is -0.480 e. The molecule has 0 fully saturated rings. The van der Waals surface area contributed by atoms with Gasteiger partial charge in [0.25, 0.3) is 0 Å². The Hall–Kier alpha value is -2.04. The van der Waals surface area contributed by atoms with Crippen molar-refractivity contribution in [2.45, 2.75) is 32.7 Å². The van der Waals surface area contributed by atoms with Crippen molar-refractivity contribution >= 4 is 12.1 Å². The summed E-state index contributed by atoms with van der Waals surface area (Å²) in [5.74, 6) is -0.837. The van der Waals surface area contributed by atoms with Crippen molar-refractivity contribution in [2.24, 2.45) is 5.92 Å². The number of benzene rings is 1. The minimum atomic E-state index is -1.05. The van der Waals surface area contributed by atoms with E-state index < -0.39 is 18.1 Å². The topological polar surface area (TPSA) is 75.6 Å². The fourth-order valence-corrected chi connectivity index (χ4v) is 1.64. The Labute approximate surface area is 118 Å². The average Bonchev–Trinajstić information content (AvgIpc) is 2.42. The largest absolute Gasteiger partial charge is 0.480 e. The average molecular weight is 279 g/mol. The predicted molar refractivity (Wildman–Crippen MR) is 75.5 cm³/mol. The number of aliphatic carboxylic acids is 1. The number of hydrogen-bond acceptors (Lipinski definition) is 3. The van der Waals surface area contributed by atoms with E-state index in [2.05, 4.69) is 5.32 Å². The number of amides is 1. The molecule has 0 bridgehead atoms. The van der Waals surface area contributed by atoms with Gasteiger partial charge in [-0.05, 0) is 24.3 Å². The Morgan fingerprint density at radius 3 is 2.45 bits per heavy atom. The van der Waals surface area contributed by atoms with Crippen molar-refractivity contribution in [2.75, 3.05) is 6.61 Å². The first-order valence-corrected chi connectivity index (χ1v) is 6.69. The molecule has 0 heterocycles. The van der Waals surface area contributed by atoms with Crippen LogP contribution in [0.2, 0.25) is 0 Å². The second-order valence-corrected chi connectivity index (χ2v) is 5.05. The van der Waals surface area contributed by atoms with Gasteiger partial charge >= 0.3 is 12.1 Å². The van der Waals surface area contributed by atoms with Gasteiger partial charge in [-0.1, -0.05) is 44.2 Å². The molecule has 0 aliphatic rings. The third kappa shape index (κ3) is 6.22. The highest BCUT2D eigenvalue weighted by atomic mass is 16.5. The molecule has 0 aliphatic heterocycles. The maximum absolute atomic E-state index is 11.5. The molecule has 0 saturated carbocycles. The van der Waals surface area contributed by atoms with Gasteiger partial charge in [0.1, 0.15) is 6.04 Å². The maximum Gasteiger partial charge on any atom is 0.407 e. The van der Waals surface area contributed by atoms with Crippen LogP contribution in [0.1, 0.15) is 25.8 Å². The Morgan fingerprint density at radius 1 is 1.25 bits per heavy atom. The maximum atomic E-state index is 11.5. The summed E-state index contributed by atoms with van der Waals surface area (Å²) < 4.78 is 4.92. The summed E-state index contributed by atoms with van der Waals surface area (Å²) >= 11 is 0. The molecule has 0 aromatic heterocycles. The summed E-state index contributed by atoms with van der Waals surface area (Å²) in [5, 5.41) is 11.5. The van der Waals surface area contributed by atoms with Crippen molar-refractivity contribution in [3.63, 3.8) is 0 Å². The van der Waals surface area contributed by atoms with E-state index in [9.17, 15) is 9.59 Å². The second kappa shape index (κ2) is 8.19. The fraction of sp³-hybridized carbons (Fsp3) is 0.467. The van der Waals surface area contributed by atoms with Gasteiger partial charge in [-0.2, -0.15) is 0 Å². The molecular weight excluding hydrogens is 258 g/mol. The number of alkyl carbamates (subject to hydrolysis) is 1. The lowest BCUT2D eigenvalue weighted by Crippen LogP contribution is -2.41. The Bertz CT molecular complexity index is 431. The number of carboxylic acid groups (broad SMARTS) is 1. The third-order valence-corrected chi connectivity index (χ3v) is 2.70. The van der Waals surface area contributed by atoms with Crippen LogP contribution < -0.4 is 5.32 Å². The van der Waals surface area contributed by atoms with Crippen LogP contribution in [0.15, 0.2) is 30.3 Å². The van der Waals surface area contributed by atoms with Gasteiger partial charge in [-0.15, -0.1) is 0 Å². The van der Waals surface area contributed by atoms with Crippen LogP contribution in [0, 0.1) is 5.92 Å². The molecule has 1 aromatic carbocycles. The van der Waals surface area contributed by atoms with E-state index in [4.69, 9.17) is 9.84 Å². The SMILES string of the molecule is CC(C)COC(=O)N[C@@H](CCc1ccccc1)C(=O)O. The number of nitrogens with one attached hydrogen (secondary N) is 1. The standard InChI is InChI=1S/C15H21NO4/c1-11(2)10-20-15(19)16-13(14(17)18)9-8-12-6-4-3-5-7-12/h3-7,11,13H,8-10H2,1-2H3,(H,16,19)(H,17,18)/t13-/m0/s1. The zero-order valence-corrected chi connectivity index (χ0v) is 11.8. The van der Waals surface area contributed by atoms with Crippen LogP contribution in [0.3, 0.4) is 0 Å². The highest BCUT2D eigenvalue weighted by Crippen LogP contribution is 2.06. The van der Waals surface area contributed by atoms with E-state index in [0.717, 1.165) is 5.56 Å². The molecule has 5 heteroatoms. The molecular formula is C15H21NO4. The molecule has 0 spiro atoms. The number of carbonyl (C=O) groups excluding carboxylic acids is 1. The third-order valence-electron chi connectivity index (χ3n) is 2.70. The lowest BCUT2D eigenvalue weighted by molar-refractivity contribution is -0.139. The van der Waals surface area contributed by atoms with Crippen molar-refractivity contribution in [1.82, 2.24) is 5.32 Å². The summed E-state index contributed by atoms with van der Waals surface area (Å²) in [5.41, 5.74) is 1.04. The van der Waals surface area contributed by atoms with E-state index in [1.165, 1.54) is 0 Å². The lowest BCUT2D eigenvalue weighted by Gasteiger charge is -2.15. The van der Waals surface area contributed by atoms with Crippen LogP contribution in [0.25, 0.3) is 0 Å². The number of carboxylic acids is 1.